The van der Waals surface area contributed by atoms with Gasteiger partial charge in [0.1, 0.15) is 5.75 Å². The molecule has 1 aromatic heterocycles. The van der Waals surface area contributed by atoms with Gasteiger partial charge in [0.2, 0.25) is 0 Å². The molecule has 0 saturated heterocycles. The van der Waals surface area contributed by atoms with E-state index in [0.717, 1.165) is 28.3 Å². The van der Waals surface area contributed by atoms with Crippen LogP contribution in [0.4, 0.5) is 0 Å². The third kappa shape index (κ3) is 5.33. The van der Waals surface area contributed by atoms with E-state index in [-0.39, 0.29) is 6.61 Å². The fourth-order valence-electron chi connectivity index (χ4n) is 2.73. The number of hydrogen-bond acceptors (Lipinski definition) is 5. The van der Waals surface area contributed by atoms with Gasteiger partial charge >= 0.3 is 5.97 Å². The van der Waals surface area contributed by atoms with E-state index in [9.17, 15) is 4.79 Å². The molecule has 0 bridgehead atoms. The lowest BCUT2D eigenvalue weighted by molar-refractivity contribution is -0.137. The van der Waals surface area contributed by atoms with Gasteiger partial charge in [-0.1, -0.05) is 18.2 Å². The van der Waals surface area contributed by atoms with Gasteiger partial charge in [-0.25, -0.2) is 9.48 Å². The summed E-state index contributed by atoms with van der Waals surface area (Å²) in [5, 5.41) is 13.2. The molecule has 0 aliphatic carbocycles. The van der Waals surface area contributed by atoms with E-state index in [4.69, 9.17) is 19.8 Å². The quantitative estimate of drug-likeness (QED) is 0.325. The number of carbonyl (C=O) groups excluding carboxylic acids is 1. The predicted molar refractivity (Wildman–Crippen MR) is 110 cm³/mol. The lowest BCUT2D eigenvalue weighted by Gasteiger charge is -2.03. The number of hydrogen-bond donors (Lipinski definition) is 0. The van der Waals surface area contributed by atoms with E-state index in [1.807, 2.05) is 66.9 Å². The topological polar surface area (TPSA) is 77.1 Å². The summed E-state index contributed by atoms with van der Waals surface area (Å²) in [5.41, 5.74) is 3.35. The highest BCUT2D eigenvalue weighted by molar-refractivity contribution is 5.88. The van der Waals surface area contributed by atoms with Crippen LogP contribution in [-0.4, -0.2) is 29.5 Å². The fourth-order valence-corrected chi connectivity index (χ4v) is 2.73. The van der Waals surface area contributed by atoms with Crippen LogP contribution in [0.5, 0.6) is 5.75 Å². The standard InChI is InChI=1S/C23H21N3O3/c1-28-21-12-9-18(10-13-21)23-19(11-14-22(27)29-16-6-5-15-24)17-26(25-23)20-7-3-2-4-8-20/h2-4,7-14,17H,5-6,16H2,1H3/b14-11+. The molecule has 6 heteroatoms. The Labute approximate surface area is 169 Å². The second-order valence-corrected chi connectivity index (χ2v) is 6.20. The van der Waals surface area contributed by atoms with Gasteiger partial charge < -0.3 is 9.47 Å². The number of para-hydroxylation sites is 1. The van der Waals surface area contributed by atoms with Crippen molar-refractivity contribution in [3.63, 3.8) is 0 Å². The Kier molecular flexibility index (Phi) is 6.80. The minimum absolute atomic E-state index is 0.228. The molecule has 0 atom stereocenters. The number of nitriles is 1. The van der Waals surface area contributed by atoms with Crippen LogP contribution in [0.1, 0.15) is 18.4 Å². The second-order valence-electron chi connectivity index (χ2n) is 6.20. The maximum Gasteiger partial charge on any atom is 0.330 e. The molecule has 0 spiro atoms. The van der Waals surface area contributed by atoms with Crippen molar-refractivity contribution in [3.05, 3.63) is 72.4 Å². The number of aromatic nitrogens is 2. The van der Waals surface area contributed by atoms with Crippen molar-refractivity contribution in [1.29, 1.82) is 5.26 Å². The lowest BCUT2D eigenvalue weighted by Crippen LogP contribution is -2.01. The molecular formula is C23H21N3O3. The number of carbonyl (C=O) groups is 1. The average molecular weight is 387 g/mol. The maximum absolute atomic E-state index is 12.0. The third-order valence-corrected chi connectivity index (χ3v) is 4.20. The van der Waals surface area contributed by atoms with E-state index in [0.29, 0.717) is 12.8 Å². The van der Waals surface area contributed by atoms with Crippen LogP contribution in [-0.2, 0) is 9.53 Å². The van der Waals surface area contributed by atoms with E-state index in [1.54, 1.807) is 17.9 Å². The van der Waals surface area contributed by atoms with Crippen LogP contribution in [0.25, 0.3) is 23.0 Å². The smallest absolute Gasteiger partial charge is 0.330 e. The van der Waals surface area contributed by atoms with Gasteiger partial charge in [-0.15, -0.1) is 0 Å². The Hall–Kier alpha value is -3.85. The van der Waals surface area contributed by atoms with Crippen molar-refractivity contribution < 1.29 is 14.3 Å². The highest BCUT2D eigenvalue weighted by Crippen LogP contribution is 2.26. The molecule has 29 heavy (non-hydrogen) atoms. The first-order valence-electron chi connectivity index (χ1n) is 9.22. The first-order chi connectivity index (χ1) is 14.2. The zero-order valence-corrected chi connectivity index (χ0v) is 16.1. The van der Waals surface area contributed by atoms with E-state index in [1.165, 1.54) is 6.08 Å². The number of methoxy groups -OCH3 is 1. The summed E-state index contributed by atoms with van der Waals surface area (Å²) in [5.74, 6) is 0.311. The molecule has 0 unspecified atom stereocenters. The van der Waals surface area contributed by atoms with E-state index >= 15 is 0 Å². The molecule has 2 aromatic carbocycles. The van der Waals surface area contributed by atoms with Crippen LogP contribution < -0.4 is 4.74 Å². The van der Waals surface area contributed by atoms with Crippen LogP contribution >= 0.6 is 0 Å². The number of unbranched alkanes of at least 4 members (excludes halogenated alkanes) is 1. The zero-order chi connectivity index (χ0) is 20.5. The summed E-state index contributed by atoms with van der Waals surface area (Å²) in [6, 6.07) is 19.4. The molecule has 1 heterocycles. The summed E-state index contributed by atoms with van der Waals surface area (Å²) in [7, 11) is 1.62. The van der Waals surface area contributed by atoms with Crippen molar-refractivity contribution in [2.24, 2.45) is 0 Å². The summed E-state index contributed by atoms with van der Waals surface area (Å²) >= 11 is 0. The average Bonchev–Trinajstić information content (AvgIpc) is 3.20. The van der Waals surface area contributed by atoms with Crippen LogP contribution in [0.2, 0.25) is 0 Å². The summed E-state index contributed by atoms with van der Waals surface area (Å²) < 4.78 is 12.1. The Balaban J connectivity index is 1.87. The third-order valence-electron chi connectivity index (χ3n) is 4.20. The molecule has 3 rings (SSSR count). The van der Waals surface area contributed by atoms with Crippen LogP contribution in [0.15, 0.2) is 66.9 Å². The highest BCUT2D eigenvalue weighted by atomic mass is 16.5. The largest absolute Gasteiger partial charge is 0.497 e. The Morgan fingerprint density at radius 3 is 2.62 bits per heavy atom. The van der Waals surface area contributed by atoms with Crippen molar-refractivity contribution in [2.75, 3.05) is 13.7 Å². The minimum Gasteiger partial charge on any atom is -0.497 e. The Bertz CT molecular complexity index is 1020. The fraction of sp³-hybridized carbons (Fsp3) is 0.174. The summed E-state index contributed by atoms with van der Waals surface area (Å²) in [6.45, 7) is 0.228. The summed E-state index contributed by atoms with van der Waals surface area (Å²) in [4.78, 5) is 12.0. The molecule has 0 fully saturated rings. The molecule has 3 aromatic rings. The SMILES string of the molecule is COc1ccc(-c2nn(-c3ccccc3)cc2/C=C/C(=O)OCCCC#N)cc1. The molecule has 0 aliphatic rings. The second kappa shape index (κ2) is 9.90. The van der Waals surface area contributed by atoms with Gasteiger partial charge in [0.25, 0.3) is 0 Å². The highest BCUT2D eigenvalue weighted by Gasteiger charge is 2.11. The van der Waals surface area contributed by atoms with E-state index < -0.39 is 5.97 Å². The molecule has 0 radical (unpaired) electrons. The molecule has 0 saturated carbocycles. The van der Waals surface area contributed by atoms with Gasteiger partial charge in [0.15, 0.2) is 0 Å². The Morgan fingerprint density at radius 2 is 1.93 bits per heavy atom. The van der Waals surface area contributed by atoms with Crippen LogP contribution in [0.3, 0.4) is 0 Å². The maximum atomic E-state index is 12.0. The first-order valence-corrected chi connectivity index (χ1v) is 9.22. The molecular weight excluding hydrogens is 366 g/mol. The Morgan fingerprint density at radius 1 is 1.17 bits per heavy atom. The number of nitrogens with zero attached hydrogens (tertiary/aromatic N) is 3. The van der Waals surface area contributed by atoms with Crippen molar-refractivity contribution in [1.82, 2.24) is 9.78 Å². The molecule has 146 valence electrons. The minimum atomic E-state index is -0.448. The molecule has 0 aliphatic heterocycles. The van der Waals surface area contributed by atoms with E-state index in [2.05, 4.69) is 0 Å². The number of esters is 1. The van der Waals surface area contributed by atoms with Gasteiger partial charge in [-0.05, 0) is 48.9 Å². The zero-order valence-electron chi connectivity index (χ0n) is 16.1. The lowest BCUT2D eigenvalue weighted by atomic mass is 10.1. The predicted octanol–water partition coefficient (Wildman–Crippen LogP) is 4.41. The number of rotatable bonds is 8. The summed E-state index contributed by atoms with van der Waals surface area (Å²) in [6.07, 6.45) is 5.83. The van der Waals surface area contributed by atoms with Gasteiger partial charge in [-0.2, -0.15) is 10.4 Å². The van der Waals surface area contributed by atoms with Gasteiger partial charge in [0, 0.05) is 29.8 Å². The number of ether oxygens (including phenoxy) is 2. The van der Waals surface area contributed by atoms with Gasteiger partial charge in [-0.3, -0.25) is 0 Å². The molecule has 6 nitrogen and oxygen atoms in total. The van der Waals surface area contributed by atoms with Crippen molar-refractivity contribution >= 4 is 12.0 Å². The molecule has 0 N–H and O–H groups in total. The van der Waals surface area contributed by atoms with Gasteiger partial charge in [0.05, 0.1) is 31.2 Å². The van der Waals surface area contributed by atoms with Crippen molar-refractivity contribution in [3.8, 4) is 28.8 Å². The van der Waals surface area contributed by atoms with Crippen molar-refractivity contribution in [2.45, 2.75) is 12.8 Å². The molecule has 0 amide bonds. The first kappa shape index (κ1) is 19.9. The monoisotopic (exact) mass is 387 g/mol. The normalized spacial score (nSPS) is 10.6. The number of benzene rings is 2. The van der Waals surface area contributed by atoms with Crippen LogP contribution in [0, 0.1) is 11.3 Å².